The fraction of sp³-hybridized carbons (Fsp3) is 0.500. The molecule has 1 unspecified atom stereocenters. The molecule has 1 aliphatic rings. The van der Waals surface area contributed by atoms with Crippen molar-refractivity contribution in [2.45, 2.75) is 32.2 Å². The van der Waals surface area contributed by atoms with Gasteiger partial charge in [0.1, 0.15) is 5.82 Å². The summed E-state index contributed by atoms with van der Waals surface area (Å²) in [5.41, 5.74) is 8.78. The van der Waals surface area contributed by atoms with Crippen LogP contribution in [-0.2, 0) is 11.2 Å². The number of anilines is 1. The Bertz CT molecular complexity index is 555. The molecule has 18 heavy (non-hydrogen) atoms. The van der Waals surface area contributed by atoms with Gasteiger partial charge in [0.05, 0.1) is 23.7 Å². The molecule has 0 radical (unpaired) electrons. The van der Waals surface area contributed by atoms with E-state index in [1.54, 1.807) is 0 Å². The molecular formula is C14H19N3O. The van der Waals surface area contributed by atoms with Crippen molar-refractivity contribution >= 4 is 16.7 Å². The standard InChI is InChI=1S/C14H19N3O/c1-2-14-16-12-8-10(15)5-6-13(12)17(14)11-4-3-7-18-9-11/h5-6,8,11H,2-4,7,9,15H2,1H3. The Morgan fingerprint density at radius 2 is 2.39 bits per heavy atom. The Balaban J connectivity index is 2.12. The number of fused-ring (bicyclic) bond motifs is 1. The summed E-state index contributed by atoms with van der Waals surface area (Å²) in [5, 5.41) is 0. The van der Waals surface area contributed by atoms with Crippen LogP contribution in [0.4, 0.5) is 5.69 Å². The highest BCUT2D eigenvalue weighted by Gasteiger charge is 2.21. The van der Waals surface area contributed by atoms with Crippen LogP contribution in [0.15, 0.2) is 18.2 Å². The zero-order chi connectivity index (χ0) is 12.5. The van der Waals surface area contributed by atoms with Crippen LogP contribution in [0, 0.1) is 0 Å². The molecular weight excluding hydrogens is 226 g/mol. The molecule has 4 heteroatoms. The number of hydrogen-bond donors (Lipinski definition) is 1. The van der Waals surface area contributed by atoms with Crippen molar-refractivity contribution in [1.82, 2.24) is 9.55 Å². The molecule has 4 nitrogen and oxygen atoms in total. The molecule has 2 aromatic rings. The lowest BCUT2D eigenvalue weighted by Gasteiger charge is -2.25. The van der Waals surface area contributed by atoms with Crippen LogP contribution in [0.1, 0.15) is 31.6 Å². The Labute approximate surface area is 107 Å². The maximum Gasteiger partial charge on any atom is 0.109 e. The summed E-state index contributed by atoms with van der Waals surface area (Å²) in [6, 6.07) is 6.39. The first-order chi connectivity index (χ1) is 8.79. The van der Waals surface area contributed by atoms with Gasteiger partial charge in [0.2, 0.25) is 0 Å². The second-order valence-corrected chi connectivity index (χ2v) is 4.87. The van der Waals surface area contributed by atoms with Crippen LogP contribution >= 0.6 is 0 Å². The normalized spacial score (nSPS) is 20.4. The number of benzene rings is 1. The fourth-order valence-electron chi connectivity index (χ4n) is 2.75. The summed E-state index contributed by atoms with van der Waals surface area (Å²) >= 11 is 0. The lowest BCUT2D eigenvalue weighted by Crippen LogP contribution is -2.22. The Morgan fingerprint density at radius 3 is 3.11 bits per heavy atom. The first-order valence-electron chi connectivity index (χ1n) is 6.63. The number of hydrogen-bond acceptors (Lipinski definition) is 3. The van der Waals surface area contributed by atoms with E-state index in [0.29, 0.717) is 6.04 Å². The third-order valence-electron chi connectivity index (χ3n) is 3.60. The number of aryl methyl sites for hydroxylation is 1. The summed E-state index contributed by atoms with van der Waals surface area (Å²) in [6.45, 7) is 3.82. The van der Waals surface area contributed by atoms with Gasteiger partial charge in [0.25, 0.3) is 0 Å². The number of imidazole rings is 1. The number of rotatable bonds is 2. The second kappa shape index (κ2) is 4.61. The maximum absolute atomic E-state index is 5.83. The zero-order valence-electron chi connectivity index (χ0n) is 10.7. The smallest absolute Gasteiger partial charge is 0.109 e. The minimum Gasteiger partial charge on any atom is -0.399 e. The van der Waals surface area contributed by atoms with Crippen molar-refractivity contribution in [3.63, 3.8) is 0 Å². The molecule has 0 bridgehead atoms. The van der Waals surface area contributed by atoms with Gasteiger partial charge >= 0.3 is 0 Å². The van der Waals surface area contributed by atoms with E-state index >= 15 is 0 Å². The lowest BCUT2D eigenvalue weighted by molar-refractivity contribution is 0.0596. The number of nitrogen functional groups attached to an aromatic ring is 1. The van der Waals surface area contributed by atoms with Crippen molar-refractivity contribution in [1.29, 1.82) is 0 Å². The van der Waals surface area contributed by atoms with E-state index in [1.165, 1.54) is 11.9 Å². The molecule has 1 fully saturated rings. The number of nitrogens with two attached hydrogens (primary N) is 1. The van der Waals surface area contributed by atoms with Gasteiger partial charge in [0.15, 0.2) is 0 Å². The molecule has 0 saturated carbocycles. The fourth-order valence-corrected chi connectivity index (χ4v) is 2.75. The summed E-state index contributed by atoms with van der Waals surface area (Å²) in [5.74, 6) is 1.13. The molecule has 96 valence electrons. The number of nitrogens with zero attached hydrogens (tertiary/aromatic N) is 2. The third kappa shape index (κ3) is 1.86. The molecule has 2 heterocycles. The molecule has 1 saturated heterocycles. The first-order valence-corrected chi connectivity index (χ1v) is 6.63. The van der Waals surface area contributed by atoms with Gasteiger partial charge in [-0.15, -0.1) is 0 Å². The molecule has 1 aromatic heterocycles. The first kappa shape index (κ1) is 11.5. The molecule has 3 rings (SSSR count). The minimum atomic E-state index is 0.419. The topological polar surface area (TPSA) is 53.1 Å². The highest BCUT2D eigenvalue weighted by Crippen LogP contribution is 2.28. The zero-order valence-corrected chi connectivity index (χ0v) is 10.7. The van der Waals surface area contributed by atoms with Crippen molar-refractivity contribution in [2.75, 3.05) is 18.9 Å². The average Bonchev–Trinajstić information content (AvgIpc) is 2.77. The van der Waals surface area contributed by atoms with Crippen molar-refractivity contribution < 1.29 is 4.74 Å². The van der Waals surface area contributed by atoms with Crippen LogP contribution in [0.3, 0.4) is 0 Å². The highest BCUT2D eigenvalue weighted by molar-refractivity contribution is 5.79. The molecule has 1 atom stereocenters. The van der Waals surface area contributed by atoms with Crippen LogP contribution in [0.5, 0.6) is 0 Å². The maximum atomic E-state index is 5.83. The minimum absolute atomic E-state index is 0.419. The molecule has 0 amide bonds. The molecule has 1 aliphatic heterocycles. The molecule has 1 aromatic carbocycles. The van der Waals surface area contributed by atoms with Gasteiger partial charge in [-0.05, 0) is 31.0 Å². The quantitative estimate of drug-likeness (QED) is 0.827. The van der Waals surface area contributed by atoms with E-state index in [-0.39, 0.29) is 0 Å². The van der Waals surface area contributed by atoms with Crippen molar-refractivity contribution in [3.8, 4) is 0 Å². The number of aromatic nitrogens is 2. The molecule has 0 aliphatic carbocycles. The summed E-state index contributed by atoms with van der Waals surface area (Å²) in [7, 11) is 0. The third-order valence-corrected chi connectivity index (χ3v) is 3.60. The Hall–Kier alpha value is -1.55. The van der Waals surface area contributed by atoms with Gasteiger partial charge in [-0.3, -0.25) is 0 Å². The van der Waals surface area contributed by atoms with E-state index in [4.69, 9.17) is 15.5 Å². The average molecular weight is 245 g/mol. The SMILES string of the molecule is CCc1nc2cc(N)ccc2n1C1CCCOC1. The lowest BCUT2D eigenvalue weighted by atomic mass is 10.1. The summed E-state index contributed by atoms with van der Waals surface area (Å²) in [4.78, 5) is 4.69. The molecule has 2 N–H and O–H groups in total. The largest absolute Gasteiger partial charge is 0.399 e. The second-order valence-electron chi connectivity index (χ2n) is 4.87. The summed E-state index contributed by atoms with van der Waals surface area (Å²) < 4.78 is 7.95. The van der Waals surface area contributed by atoms with Crippen LogP contribution in [0.25, 0.3) is 11.0 Å². The van der Waals surface area contributed by atoms with Gasteiger partial charge in [-0.1, -0.05) is 6.92 Å². The van der Waals surface area contributed by atoms with E-state index in [9.17, 15) is 0 Å². The van der Waals surface area contributed by atoms with E-state index in [1.807, 2.05) is 12.1 Å². The highest BCUT2D eigenvalue weighted by atomic mass is 16.5. The van der Waals surface area contributed by atoms with Gasteiger partial charge in [-0.2, -0.15) is 0 Å². The van der Waals surface area contributed by atoms with Crippen molar-refractivity contribution in [3.05, 3.63) is 24.0 Å². The Kier molecular flexibility index (Phi) is 2.96. The van der Waals surface area contributed by atoms with Crippen LogP contribution < -0.4 is 5.73 Å². The Morgan fingerprint density at radius 1 is 1.50 bits per heavy atom. The summed E-state index contributed by atoms with van der Waals surface area (Å²) in [6.07, 6.45) is 3.23. The van der Waals surface area contributed by atoms with E-state index < -0.39 is 0 Å². The monoisotopic (exact) mass is 245 g/mol. The van der Waals surface area contributed by atoms with Crippen LogP contribution in [0.2, 0.25) is 0 Å². The molecule has 0 spiro atoms. The predicted molar refractivity (Wildman–Crippen MR) is 72.6 cm³/mol. The predicted octanol–water partition coefficient (Wildman–Crippen LogP) is 2.53. The van der Waals surface area contributed by atoms with Crippen LogP contribution in [-0.4, -0.2) is 22.8 Å². The van der Waals surface area contributed by atoms with E-state index in [2.05, 4.69) is 17.6 Å². The number of ether oxygens (including phenoxy) is 1. The van der Waals surface area contributed by atoms with Gasteiger partial charge < -0.3 is 15.0 Å². The van der Waals surface area contributed by atoms with Gasteiger partial charge in [-0.25, -0.2) is 4.98 Å². The van der Waals surface area contributed by atoms with Gasteiger partial charge in [0, 0.05) is 18.7 Å². The van der Waals surface area contributed by atoms with E-state index in [0.717, 1.165) is 43.1 Å². The van der Waals surface area contributed by atoms with Crippen molar-refractivity contribution in [2.24, 2.45) is 0 Å².